The number of unbranched alkanes of at least 4 members (excludes halogenated alkanes) is 1. The molecule has 0 aromatic heterocycles. The van der Waals surface area contributed by atoms with Gasteiger partial charge in [-0.05, 0) is 54.7 Å². The molecule has 0 aliphatic rings. The van der Waals surface area contributed by atoms with E-state index in [4.69, 9.17) is 0 Å². The molecule has 2 aromatic rings. The summed E-state index contributed by atoms with van der Waals surface area (Å²) in [5, 5.41) is 2.82. The Morgan fingerprint density at radius 3 is 2.04 bits per heavy atom. The largest absolute Gasteiger partial charge is 0.352 e. The molecular formula is C21H28N2O3S. The third kappa shape index (κ3) is 5.32. The van der Waals surface area contributed by atoms with Crippen LogP contribution < -0.4 is 10.0 Å². The standard InChI is InChI=1S/C21H28N2O3S/c1-4-7-15-22-21(24)18-11-13-19(14-12-18)27(25,26)23-20-16(5-2)9-8-10-17(20)6-3/h8-14,23H,4-7,15H2,1-3H3,(H,22,24). The molecule has 0 bridgehead atoms. The summed E-state index contributed by atoms with van der Waals surface area (Å²) in [6.45, 7) is 6.67. The summed E-state index contributed by atoms with van der Waals surface area (Å²) in [6, 6.07) is 11.8. The molecule has 2 rings (SSSR count). The average Bonchev–Trinajstić information content (AvgIpc) is 2.68. The number of hydrogen-bond donors (Lipinski definition) is 2. The van der Waals surface area contributed by atoms with Crippen LogP contribution in [0, 0.1) is 0 Å². The molecule has 0 saturated heterocycles. The van der Waals surface area contributed by atoms with Gasteiger partial charge in [-0.2, -0.15) is 0 Å². The van der Waals surface area contributed by atoms with Crippen LogP contribution in [0.4, 0.5) is 5.69 Å². The lowest BCUT2D eigenvalue weighted by molar-refractivity contribution is 0.0953. The Morgan fingerprint density at radius 1 is 0.926 bits per heavy atom. The van der Waals surface area contributed by atoms with Crippen molar-refractivity contribution in [1.29, 1.82) is 0 Å². The molecule has 0 aliphatic heterocycles. The predicted octanol–water partition coefficient (Wildman–Crippen LogP) is 4.14. The smallest absolute Gasteiger partial charge is 0.261 e. The number of benzene rings is 2. The number of sulfonamides is 1. The highest BCUT2D eigenvalue weighted by atomic mass is 32.2. The SMILES string of the molecule is CCCCNC(=O)c1ccc(S(=O)(=O)Nc2c(CC)cccc2CC)cc1. The van der Waals surface area contributed by atoms with E-state index >= 15 is 0 Å². The first kappa shape index (κ1) is 21.0. The molecule has 0 radical (unpaired) electrons. The summed E-state index contributed by atoms with van der Waals surface area (Å²) >= 11 is 0. The van der Waals surface area contributed by atoms with E-state index < -0.39 is 10.0 Å². The van der Waals surface area contributed by atoms with Crippen molar-refractivity contribution >= 4 is 21.6 Å². The van der Waals surface area contributed by atoms with Crippen molar-refractivity contribution in [2.24, 2.45) is 0 Å². The fourth-order valence-electron chi connectivity index (χ4n) is 2.83. The summed E-state index contributed by atoms with van der Waals surface area (Å²) in [7, 11) is -3.72. The third-order valence-corrected chi connectivity index (χ3v) is 5.84. The van der Waals surface area contributed by atoms with Crippen LogP contribution in [0.15, 0.2) is 47.4 Å². The molecule has 6 heteroatoms. The van der Waals surface area contributed by atoms with Gasteiger partial charge in [0.2, 0.25) is 0 Å². The first-order valence-corrected chi connectivity index (χ1v) is 10.9. The number of aryl methyl sites for hydroxylation is 2. The van der Waals surface area contributed by atoms with Gasteiger partial charge < -0.3 is 5.32 Å². The van der Waals surface area contributed by atoms with Crippen molar-refractivity contribution in [3.05, 3.63) is 59.2 Å². The summed E-state index contributed by atoms with van der Waals surface area (Å²) in [4.78, 5) is 12.2. The lowest BCUT2D eigenvalue weighted by Gasteiger charge is -2.16. The highest BCUT2D eigenvalue weighted by molar-refractivity contribution is 7.92. The lowest BCUT2D eigenvalue weighted by atomic mass is 10.0. The monoisotopic (exact) mass is 388 g/mol. The van der Waals surface area contributed by atoms with E-state index in [1.807, 2.05) is 32.0 Å². The summed E-state index contributed by atoms with van der Waals surface area (Å²) in [5.41, 5.74) is 3.03. The Labute approximate surface area is 162 Å². The molecule has 0 aliphatic carbocycles. The first-order chi connectivity index (χ1) is 12.9. The second-order valence-electron chi connectivity index (χ2n) is 6.40. The first-order valence-electron chi connectivity index (χ1n) is 9.44. The number of amides is 1. The van der Waals surface area contributed by atoms with Crippen LogP contribution in [0.25, 0.3) is 0 Å². The zero-order valence-corrected chi connectivity index (χ0v) is 17.0. The highest BCUT2D eigenvalue weighted by Crippen LogP contribution is 2.25. The van der Waals surface area contributed by atoms with Gasteiger partial charge in [-0.25, -0.2) is 8.42 Å². The number of rotatable bonds is 9. The number of anilines is 1. The van der Waals surface area contributed by atoms with Crippen molar-refractivity contribution in [2.75, 3.05) is 11.3 Å². The Balaban J connectivity index is 2.22. The molecule has 0 atom stereocenters. The van der Waals surface area contributed by atoms with Gasteiger partial charge in [0.15, 0.2) is 0 Å². The van der Waals surface area contributed by atoms with E-state index in [1.54, 1.807) is 12.1 Å². The molecule has 27 heavy (non-hydrogen) atoms. The van der Waals surface area contributed by atoms with Gasteiger partial charge in [-0.3, -0.25) is 9.52 Å². The molecule has 0 spiro atoms. The van der Waals surface area contributed by atoms with Crippen LogP contribution in [0.5, 0.6) is 0 Å². The van der Waals surface area contributed by atoms with Gasteiger partial charge in [0.25, 0.3) is 15.9 Å². The summed E-state index contributed by atoms with van der Waals surface area (Å²) in [6.07, 6.45) is 3.39. The van der Waals surface area contributed by atoms with Crippen molar-refractivity contribution < 1.29 is 13.2 Å². The molecule has 2 aromatic carbocycles. The van der Waals surface area contributed by atoms with E-state index in [9.17, 15) is 13.2 Å². The second kappa shape index (κ2) is 9.55. The van der Waals surface area contributed by atoms with E-state index in [0.29, 0.717) is 17.8 Å². The van der Waals surface area contributed by atoms with Crippen LogP contribution in [0.3, 0.4) is 0 Å². The zero-order chi connectivity index (χ0) is 19.9. The fraction of sp³-hybridized carbons (Fsp3) is 0.381. The average molecular weight is 389 g/mol. The normalized spacial score (nSPS) is 11.2. The molecule has 0 unspecified atom stereocenters. The maximum absolute atomic E-state index is 12.8. The van der Waals surface area contributed by atoms with Gasteiger partial charge >= 0.3 is 0 Å². The van der Waals surface area contributed by atoms with Gasteiger partial charge in [0.1, 0.15) is 0 Å². The van der Waals surface area contributed by atoms with Crippen LogP contribution in [-0.2, 0) is 22.9 Å². The van der Waals surface area contributed by atoms with Gasteiger partial charge in [-0.1, -0.05) is 45.4 Å². The van der Waals surface area contributed by atoms with Crippen molar-refractivity contribution in [1.82, 2.24) is 5.32 Å². The number of nitrogens with one attached hydrogen (secondary N) is 2. The Kier molecular flexibility index (Phi) is 7.42. The Bertz CT molecular complexity index is 853. The second-order valence-corrected chi connectivity index (χ2v) is 8.08. The fourth-order valence-corrected chi connectivity index (χ4v) is 3.98. The van der Waals surface area contributed by atoms with Crippen LogP contribution in [-0.4, -0.2) is 20.9 Å². The van der Waals surface area contributed by atoms with Crippen LogP contribution in [0.1, 0.15) is 55.1 Å². The molecule has 0 fully saturated rings. The molecule has 0 saturated carbocycles. The van der Waals surface area contributed by atoms with Crippen molar-refractivity contribution in [3.8, 4) is 0 Å². The van der Waals surface area contributed by atoms with Gasteiger partial charge in [-0.15, -0.1) is 0 Å². The number of hydrogen-bond acceptors (Lipinski definition) is 3. The summed E-state index contributed by atoms with van der Waals surface area (Å²) < 4.78 is 28.4. The molecule has 1 amide bonds. The quantitative estimate of drug-likeness (QED) is 0.634. The van der Waals surface area contributed by atoms with Crippen LogP contribution >= 0.6 is 0 Å². The van der Waals surface area contributed by atoms with E-state index in [2.05, 4.69) is 17.0 Å². The predicted molar refractivity (Wildman–Crippen MR) is 110 cm³/mol. The van der Waals surface area contributed by atoms with E-state index in [0.717, 1.165) is 36.8 Å². The molecule has 5 nitrogen and oxygen atoms in total. The van der Waals surface area contributed by atoms with Gasteiger partial charge in [0.05, 0.1) is 10.6 Å². The lowest BCUT2D eigenvalue weighted by Crippen LogP contribution is -2.24. The highest BCUT2D eigenvalue weighted by Gasteiger charge is 2.18. The summed E-state index contributed by atoms with van der Waals surface area (Å²) in [5.74, 6) is -0.190. The van der Waals surface area contributed by atoms with E-state index in [-0.39, 0.29) is 10.8 Å². The number of carbonyl (C=O) groups is 1. The molecule has 0 heterocycles. The number of para-hydroxylation sites is 1. The van der Waals surface area contributed by atoms with Crippen LogP contribution in [0.2, 0.25) is 0 Å². The minimum absolute atomic E-state index is 0.139. The Morgan fingerprint density at radius 2 is 1.52 bits per heavy atom. The molecule has 146 valence electrons. The maximum atomic E-state index is 12.8. The van der Waals surface area contributed by atoms with Crippen molar-refractivity contribution in [2.45, 2.75) is 51.3 Å². The molecule has 2 N–H and O–H groups in total. The minimum Gasteiger partial charge on any atom is -0.352 e. The number of carbonyl (C=O) groups excluding carboxylic acids is 1. The Hall–Kier alpha value is -2.34. The minimum atomic E-state index is -3.72. The maximum Gasteiger partial charge on any atom is 0.261 e. The van der Waals surface area contributed by atoms with Crippen molar-refractivity contribution in [3.63, 3.8) is 0 Å². The topological polar surface area (TPSA) is 75.3 Å². The van der Waals surface area contributed by atoms with E-state index in [1.165, 1.54) is 12.1 Å². The molecular weight excluding hydrogens is 360 g/mol. The van der Waals surface area contributed by atoms with Gasteiger partial charge in [0, 0.05) is 12.1 Å². The third-order valence-electron chi connectivity index (χ3n) is 4.48. The zero-order valence-electron chi connectivity index (χ0n) is 16.2.